The van der Waals surface area contributed by atoms with Crippen molar-refractivity contribution in [3.63, 3.8) is 0 Å². The minimum absolute atomic E-state index is 0.660. The van der Waals surface area contributed by atoms with E-state index in [4.69, 9.17) is 4.74 Å². The highest BCUT2D eigenvalue weighted by Gasteiger charge is 2.11. The molecule has 0 amide bonds. The van der Waals surface area contributed by atoms with E-state index in [0.29, 0.717) is 17.5 Å². The van der Waals surface area contributed by atoms with Crippen molar-refractivity contribution in [1.82, 2.24) is 9.97 Å². The van der Waals surface area contributed by atoms with Crippen LogP contribution >= 0.6 is 0 Å². The zero-order valence-electron chi connectivity index (χ0n) is 11.1. The van der Waals surface area contributed by atoms with Crippen LogP contribution in [-0.2, 0) is 0 Å². The van der Waals surface area contributed by atoms with Crippen molar-refractivity contribution in [2.45, 2.75) is 26.7 Å². The van der Waals surface area contributed by atoms with Gasteiger partial charge in [0.2, 0.25) is 5.75 Å². The van der Waals surface area contributed by atoms with E-state index >= 15 is 0 Å². The molecule has 0 bridgehead atoms. The van der Waals surface area contributed by atoms with Crippen molar-refractivity contribution < 1.29 is 4.74 Å². The summed E-state index contributed by atoms with van der Waals surface area (Å²) >= 11 is 0. The predicted octanol–water partition coefficient (Wildman–Crippen LogP) is 2.38. The Balaban J connectivity index is 2.76. The number of hydrogen-bond donors (Lipinski definition) is 2. The predicted molar refractivity (Wildman–Crippen MR) is 70.7 cm³/mol. The van der Waals surface area contributed by atoms with Gasteiger partial charge in [0.1, 0.15) is 6.33 Å². The van der Waals surface area contributed by atoms with E-state index in [2.05, 4.69) is 34.4 Å². The molecule has 0 unspecified atom stereocenters. The molecule has 1 rings (SSSR count). The lowest BCUT2D eigenvalue weighted by molar-refractivity contribution is 0.414. The van der Waals surface area contributed by atoms with Gasteiger partial charge in [0, 0.05) is 13.6 Å². The highest BCUT2D eigenvalue weighted by molar-refractivity contribution is 5.63. The van der Waals surface area contributed by atoms with Crippen molar-refractivity contribution in [1.29, 1.82) is 0 Å². The van der Waals surface area contributed by atoms with E-state index < -0.39 is 0 Å². The fourth-order valence-electron chi connectivity index (χ4n) is 1.69. The van der Waals surface area contributed by atoms with Crippen molar-refractivity contribution in [3.8, 4) is 5.75 Å². The molecule has 0 aliphatic rings. The van der Waals surface area contributed by atoms with Gasteiger partial charge in [-0.15, -0.1) is 0 Å². The number of rotatable bonds is 7. The first kappa shape index (κ1) is 13.5. The molecule has 0 aliphatic carbocycles. The summed E-state index contributed by atoms with van der Waals surface area (Å²) in [6.07, 6.45) is 3.86. The molecule has 2 N–H and O–H groups in total. The van der Waals surface area contributed by atoms with Gasteiger partial charge in [-0.25, -0.2) is 9.97 Å². The summed E-state index contributed by atoms with van der Waals surface area (Å²) in [5.74, 6) is 2.78. The molecule has 0 spiro atoms. The summed E-state index contributed by atoms with van der Waals surface area (Å²) in [6, 6.07) is 0. The lowest BCUT2D eigenvalue weighted by atomic mass is 10.0. The van der Waals surface area contributed by atoms with Crippen LogP contribution in [0.3, 0.4) is 0 Å². The molecule has 1 aromatic heterocycles. The molecule has 0 saturated heterocycles. The van der Waals surface area contributed by atoms with Crippen molar-refractivity contribution >= 4 is 11.6 Å². The number of aromatic nitrogens is 2. The number of anilines is 2. The third-order valence-electron chi connectivity index (χ3n) is 2.96. The minimum atomic E-state index is 0.660. The molecule has 0 atom stereocenters. The molecule has 5 nitrogen and oxygen atoms in total. The summed E-state index contributed by atoms with van der Waals surface area (Å²) in [4.78, 5) is 8.32. The van der Waals surface area contributed by atoms with Gasteiger partial charge in [0.15, 0.2) is 11.6 Å². The van der Waals surface area contributed by atoms with E-state index in [0.717, 1.165) is 25.2 Å². The van der Waals surface area contributed by atoms with E-state index in [9.17, 15) is 0 Å². The number of nitrogens with one attached hydrogen (secondary N) is 2. The van der Waals surface area contributed by atoms with E-state index in [1.54, 1.807) is 7.11 Å². The summed E-state index contributed by atoms with van der Waals surface area (Å²) in [5.41, 5.74) is 0. The topological polar surface area (TPSA) is 59.1 Å². The summed E-state index contributed by atoms with van der Waals surface area (Å²) in [6.45, 7) is 5.31. The van der Waals surface area contributed by atoms with Crippen molar-refractivity contribution in [2.75, 3.05) is 31.3 Å². The Morgan fingerprint density at radius 3 is 2.41 bits per heavy atom. The van der Waals surface area contributed by atoms with E-state index in [1.165, 1.54) is 6.33 Å². The lowest BCUT2D eigenvalue weighted by Gasteiger charge is -2.16. The van der Waals surface area contributed by atoms with Gasteiger partial charge in [-0.2, -0.15) is 0 Å². The van der Waals surface area contributed by atoms with Crippen LogP contribution in [0.1, 0.15) is 26.7 Å². The Bertz CT molecular complexity index is 339. The van der Waals surface area contributed by atoms with Crippen LogP contribution in [0, 0.1) is 5.92 Å². The monoisotopic (exact) mass is 238 g/mol. The van der Waals surface area contributed by atoms with Crippen LogP contribution in [-0.4, -0.2) is 30.7 Å². The third kappa shape index (κ3) is 3.47. The van der Waals surface area contributed by atoms with E-state index in [-0.39, 0.29) is 0 Å². The molecule has 0 saturated carbocycles. The average molecular weight is 238 g/mol. The normalized spacial score (nSPS) is 10.4. The second-order valence-corrected chi connectivity index (χ2v) is 3.92. The number of ether oxygens (including phenoxy) is 1. The quantitative estimate of drug-likeness (QED) is 0.763. The maximum absolute atomic E-state index is 5.32. The van der Waals surface area contributed by atoms with E-state index in [1.807, 2.05) is 7.05 Å². The van der Waals surface area contributed by atoms with Crippen LogP contribution in [0.5, 0.6) is 5.75 Å². The Morgan fingerprint density at radius 2 is 1.88 bits per heavy atom. The fraction of sp³-hybridized carbons (Fsp3) is 0.667. The molecular weight excluding hydrogens is 216 g/mol. The van der Waals surface area contributed by atoms with Gasteiger partial charge < -0.3 is 15.4 Å². The molecule has 1 aromatic rings. The average Bonchev–Trinajstić information content (AvgIpc) is 2.39. The highest BCUT2D eigenvalue weighted by atomic mass is 16.5. The van der Waals surface area contributed by atoms with Crippen molar-refractivity contribution in [3.05, 3.63) is 6.33 Å². The summed E-state index contributed by atoms with van der Waals surface area (Å²) in [7, 11) is 3.44. The first-order valence-electron chi connectivity index (χ1n) is 6.07. The lowest BCUT2D eigenvalue weighted by Crippen LogP contribution is -2.14. The first-order valence-corrected chi connectivity index (χ1v) is 6.07. The van der Waals surface area contributed by atoms with Gasteiger partial charge in [0.25, 0.3) is 0 Å². The van der Waals surface area contributed by atoms with Crippen LogP contribution < -0.4 is 15.4 Å². The third-order valence-corrected chi connectivity index (χ3v) is 2.96. The molecular formula is C12H22N4O. The van der Waals surface area contributed by atoms with Gasteiger partial charge >= 0.3 is 0 Å². The summed E-state index contributed by atoms with van der Waals surface area (Å²) in [5, 5.41) is 6.31. The van der Waals surface area contributed by atoms with Crippen LogP contribution in [0.2, 0.25) is 0 Å². The Hall–Kier alpha value is -1.52. The van der Waals surface area contributed by atoms with Crippen LogP contribution in [0.15, 0.2) is 6.33 Å². The molecule has 1 heterocycles. The molecule has 0 fully saturated rings. The molecule has 5 heteroatoms. The minimum Gasteiger partial charge on any atom is -0.490 e. The zero-order valence-corrected chi connectivity index (χ0v) is 11.1. The number of hydrogen-bond acceptors (Lipinski definition) is 5. The Morgan fingerprint density at radius 1 is 1.24 bits per heavy atom. The van der Waals surface area contributed by atoms with Gasteiger partial charge in [-0.3, -0.25) is 0 Å². The SMILES string of the molecule is CCC(CC)CNc1ncnc(NC)c1OC. The van der Waals surface area contributed by atoms with Gasteiger partial charge in [-0.05, 0) is 5.92 Å². The standard InChI is InChI=1S/C12H22N4O/c1-5-9(6-2)7-14-12-10(17-4)11(13-3)15-8-16-12/h8-9H,5-7H2,1-4H3,(H2,13,14,15,16). The van der Waals surface area contributed by atoms with Crippen molar-refractivity contribution in [2.24, 2.45) is 5.92 Å². The molecule has 96 valence electrons. The molecule has 0 aromatic carbocycles. The molecule has 0 aliphatic heterocycles. The zero-order chi connectivity index (χ0) is 12.7. The second-order valence-electron chi connectivity index (χ2n) is 3.92. The van der Waals surface area contributed by atoms with Crippen LogP contribution in [0.4, 0.5) is 11.6 Å². The largest absolute Gasteiger partial charge is 0.490 e. The van der Waals surface area contributed by atoms with Gasteiger partial charge in [-0.1, -0.05) is 26.7 Å². The van der Waals surface area contributed by atoms with Gasteiger partial charge in [0.05, 0.1) is 7.11 Å². The maximum Gasteiger partial charge on any atom is 0.204 e. The highest BCUT2D eigenvalue weighted by Crippen LogP contribution is 2.28. The molecule has 0 radical (unpaired) electrons. The number of methoxy groups -OCH3 is 1. The first-order chi connectivity index (χ1) is 8.26. The van der Waals surface area contributed by atoms with Crippen LogP contribution in [0.25, 0.3) is 0 Å². The maximum atomic E-state index is 5.32. The Kier molecular flexibility index (Phi) is 5.52. The molecule has 17 heavy (non-hydrogen) atoms. The smallest absolute Gasteiger partial charge is 0.204 e. The second kappa shape index (κ2) is 6.93. The fourth-order valence-corrected chi connectivity index (χ4v) is 1.69. The summed E-state index contributed by atoms with van der Waals surface area (Å²) < 4.78 is 5.32. The Labute approximate surface area is 103 Å². The number of nitrogens with zero attached hydrogens (tertiary/aromatic N) is 2.